The average Bonchev–Trinajstić information content (AvgIpc) is 3.33. The molecule has 0 aliphatic carbocycles. The highest BCUT2D eigenvalue weighted by Crippen LogP contribution is 2.49. The van der Waals surface area contributed by atoms with Crippen molar-refractivity contribution < 1.29 is 32.3 Å². The van der Waals surface area contributed by atoms with Gasteiger partial charge in [0.05, 0.1) is 4.75 Å². The van der Waals surface area contributed by atoms with E-state index < -0.39 is 49.8 Å². The molecule has 4 rings (SSSR count). The smallest absolute Gasteiger partial charge is 0.330 e. The minimum Gasteiger partial charge on any atom is -0.464 e. The first kappa shape index (κ1) is 24.7. The van der Waals surface area contributed by atoms with Gasteiger partial charge in [0.1, 0.15) is 31.2 Å². The van der Waals surface area contributed by atoms with Crippen molar-refractivity contribution >= 4 is 27.7 Å². The Morgan fingerprint density at radius 1 is 1.12 bits per heavy atom. The molecule has 3 heterocycles. The molecule has 0 aromatic heterocycles. The van der Waals surface area contributed by atoms with Crippen LogP contribution in [0.25, 0.3) is 0 Å². The Kier molecular flexibility index (Phi) is 6.50. The molecule has 1 aromatic rings. The first-order chi connectivity index (χ1) is 16.0. The number of esters is 2. The van der Waals surface area contributed by atoms with Crippen molar-refractivity contribution in [1.29, 1.82) is 0 Å². The van der Waals surface area contributed by atoms with Crippen LogP contribution < -0.4 is 0 Å². The van der Waals surface area contributed by atoms with Crippen molar-refractivity contribution in [2.24, 2.45) is 5.92 Å². The van der Waals surface area contributed by atoms with Crippen LogP contribution >= 0.6 is 0 Å². The summed E-state index contributed by atoms with van der Waals surface area (Å²) in [6.45, 7) is 7.34. The summed E-state index contributed by atoms with van der Waals surface area (Å²) < 4.78 is 35.9. The number of fused-ring (bicyclic) bond motifs is 1. The zero-order valence-electron chi connectivity index (χ0n) is 20.0. The van der Waals surface area contributed by atoms with E-state index in [1.54, 1.807) is 24.3 Å². The number of carbonyl (C=O) groups is 3. The van der Waals surface area contributed by atoms with E-state index in [2.05, 4.69) is 0 Å². The quantitative estimate of drug-likeness (QED) is 0.416. The zero-order valence-corrected chi connectivity index (χ0v) is 20.8. The molecule has 186 valence electrons. The highest BCUT2D eigenvalue weighted by Gasteiger charge is 2.72. The predicted molar refractivity (Wildman–Crippen MR) is 123 cm³/mol. The first-order valence-electron chi connectivity index (χ1n) is 11.7. The van der Waals surface area contributed by atoms with E-state index in [-0.39, 0.29) is 25.3 Å². The van der Waals surface area contributed by atoms with Crippen molar-refractivity contribution in [2.75, 3.05) is 13.2 Å². The molecule has 34 heavy (non-hydrogen) atoms. The normalized spacial score (nSPS) is 29.6. The molecule has 0 saturated carbocycles. The second-order valence-electron chi connectivity index (χ2n) is 10.0. The fraction of sp³-hybridized carbons (Fsp3) is 0.625. The van der Waals surface area contributed by atoms with Crippen LogP contribution in [0.1, 0.15) is 46.1 Å². The zero-order chi connectivity index (χ0) is 24.8. The maximum Gasteiger partial charge on any atom is 0.330 e. The highest BCUT2D eigenvalue weighted by molar-refractivity contribution is 7.93. The van der Waals surface area contributed by atoms with Gasteiger partial charge in [0.15, 0.2) is 15.2 Å². The molecule has 0 radical (unpaired) electrons. The lowest BCUT2D eigenvalue weighted by atomic mass is 9.92. The van der Waals surface area contributed by atoms with E-state index >= 15 is 0 Å². The molecule has 10 heteroatoms. The molecule has 0 unspecified atom stereocenters. The second kappa shape index (κ2) is 8.96. The lowest BCUT2D eigenvalue weighted by molar-refractivity contribution is -0.172. The topological polar surface area (TPSA) is 110 Å². The number of nitrogens with zero attached hydrogens (tertiary/aromatic N) is 2. The van der Waals surface area contributed by atoms with Crippen LogP contribution in [0.15, 0.2) is 30.3 Å². The molecule has 3 aliphatic heterocycles. The standard InChI is InChI=1S/C24H32N2O7S/c1-15(2)25-12-8-11-18(25)22(28)33-14-17-20(27)26-19(24(3,4)34(30,31)21(17)26)23(29)32-13-16-9-6-5-7-10-16/h5-7,9-10,15,17-19,21H,8,11-14H2,1-4H3/t17-,18-,19-,21+/m0/s1. The van der Waals surface area contributed by atoms with Gasteiger partial charge in [-0.15, -0.1) is 0 Å². The number of carbonyl (C=O) groups excluding carboxylic acids is 3. The monoisotopic (exact) mass is 492 g/mol. The SMILES string of the molecule is CC(C)N1CCC[C@H]1C(=O)OC[C@H]1C(=O)N2[C@@H](C(=O)OCc3ccccc3)C(C)(C)S(=O)(=O)[C@H]12. The van der Waals surface area contributed by atoms with Crippen molar-refractivity contribution in [3.8, 4) is 0 Å². The van der Waals surface area contributed by atoms with Gasteiger partial charge < -0.3 is 14.4 Å². The summed E-state index contributed by atoms with van der Waals surface area (Å²) in [5.41, 5.74) is 0.758. The van der Waals surface area contributed by atoms with Gasteiger partial charge in [0.25, 0.3) is 0 Å². The van der Waals surface area contributed by atoms with E-state index in [0.29, 0.717) is 6.42 Å². The summed E-state index contributed by atoms with van der Waals surface area (Å²) in [5, 5.41) is -1.21. The number of sulfone groups is 1. The third-order valence-corrected chi connectivity index (χ3v) is 10.1. The van der Waals surface area contributed by atoms with Crippen LogP contribution in [0.4, 0.5) is 0 Å². The number of amides is 1. The minimum absolute atomic E-state index is 0.0201. The molecule has 0 N–H and O–H groups in total. The summed E-state index contributed by atoms with van der Waals surface area (Å²) in [7, 11) is -3.91. The Balaban J connectivity index is 1.45. The number of benzene rings is 1. The molecular weight excluding hydrogens is 460 g/mol. The molecule has 3 aliphatic rings. The Hall–Kier alpha value is -2.46. The maximum atomic E-state index is 13.3. The van der Waals surface area contributed by atoms with E-state index in [0.717, 1.165) is 23.4 Å². The summed E-state index contributed by atoms with van der Waals surface area (Å²) in [6.07, 6.45) is 1.55. The number of rotatable bonds is 7. The molecular formula is C24H32N2O7S. The van der Waals surface area contributed by atoms with Gasteiger partial charge in [0, 0.05) is 6.04 Å². The van der Waals surface area contributed by atoms with Crippen LogP contribution in [0.3, 0.4) is 0 Å². The number of β-lactam (4-membered cyclic amide) rings is 1. The van der Waals surface area contributed by atoms with Gasteiger partial charge in [-0.2, -0.15) is 0 Å². The van der Waals surface area contributed by atoms with E-state index in [1.807, 2.05) is 24.8 Å². The predicted octanol–water partition coefficient (Wildman–Crippen LogP) is 1.51. The Morgan fingerprint density at radius 3 is 2.44 bits per heavy atom. The molecule has 3 saturated heterocycles. The van der Waals surface area contributed by atoms with Crippen molar-refractivity contribution in [3.05, 3.63) is 35.9 Å². The Morgan fingerprint density at radius 2 is 1.79 bits per heavy atom. The van der Waals surface area contributed by atoms with Crippen LogP contribution in [0.5, 0.6) is 0 Å². The van der Waals surface area contributed by atoms with Gasteiger partial charge in [0.2, 0.25) is 5.91 Å². The van der Waals surface area contributed by atoms with Crippen LogP contribution in [-0.2, 0) is 40.3 Å². The summed E-state index contributed by atoms with van der Waals surface area (Å²) in [5.74, 6) is -2.73. The second-order valence-corrected chi connectivity index (χ2v) is 12.6. The van der Waals surface area contributed by atoms with Crippen LogP contribution in [0, 0.1) is 5.92 Å². The minimum atomic E-state index is -3.91. The average molecular weight is 493 g/mol. The van der Waals surface area contributed by atoms with Gasteiger partial charge in [-0.05, 0) is 52.6 Å². The number of likely N-dealkylation sites (tertiary alicyclic amines) is 1. The molecule has 4 atom stereocenters. The summed E-state index contributed by atoms with van der Waals surface area (Å²) in [6, 6.07) is 7.56. The lowest BCUT2D eigenvalue weighted by Gasteiger charge is -2.42. The van der Waals surface area contributed by atoms with Crippen LogP contribution in [0.2, 0.25) is 0 Å². The first-order valence-corrected chi connectivity index (χ1v) is 13.2. The molecule has 3 fully saturated rings. The number of ether oxygens (including phenoxy) is 2. The van der Waals surface area contributed by atoms with Crippen molar-refractivity contribution in [2.45, 2.75) is 75.4 Å². The summed E-state index contributed by atoms with van der Waals surface area (Å²) >= 11 is 0. The lowest BCUT2D eigenvalue weighted by Crippen LogP contribution is -2.65. The Labute approximate surface area is 200 Å². The van der Waals surface area contributed by atoms with E-state index in [9.17, 15) is 22.8 Å². The van der Waals surface area contributed by atoms with E-state index in [4.69, 9.17) is 9.47 Å². The number of hydrogen-bond acceptors (Lipinski definition) is 8. The van der Waals surface area contributed by atoms with Crippen molar-refractivity contribution in [1.82, 2.24) is 9.80 Å². The summed E-state index contributed by atoms with van der Waals surface area (Å²) in [4.78, 5) is 41.7. The molecule has 0 bridgehead atoms. The van der Waals surface area contributed by atoms with Crippen LogP contribution in [-0.4, -0.2) is 77.5 Å². The fourth-order valence-electron chi connectivity index (χ4n) is 5.28. The molecule has 0 spiro atoms. The molecule has 1 aromatic carbocycles. The number of hydrogen-bond donors (Lipinski definition) is 0. The third-order valence-electron chi connectivity index (χ3n) is 7.26. The van der Waals surface area contributed by atoms with Gasteiger partial charge in [-0.1, -0.05) is 30.3 Å². The highest BCUT2D eigenvalue weighted by atomic mass is 32.2. The molecule has 1 amide bonds. The van der Waals surface area contributed by atoms with E-state index in [1.165, 1.54) is 13.8 Å². The van der Waals surface area contributed by atoms with Crippen molar-refractivity contribution in [3.63, 3.8) is 0 Å². The van der Waals surface area contributed by atoms with Gasteiger partial charge >= 0.3 is 11.9 Å². The van der Waals surface area contributed by atoms with Gasteiger partial charge in [-0.3, -0.25) is 14.5 Å². The fourth-order valence-corrected chi connectivity index (χ4v) is 7.57. The molecule has 9 nitrogen and oxygen atoms in total. The van der Waals surface area contributed by atoms with Gasteiger partial charge in [-0.25, -0.2) is 13.2 Å². The third kappa shape index (κ3) is 3.90. The maximum absolute atomic E-state index is 13.3. The Bertz CT molecular complexity index is 1070. The largest absolute Gasteiger partial charge is 0.464 e.